The number of esters is 1. The first-order valence-corrected chi connectivity index (χ1v) is 11.9. The molecule has 0 saturated heterocycles. The summed E-state index contributed by atoms with van der Waals surface area (Å²) in [5.41, 5.74) is 0.130. The van der Waals surface area contributed by atoms with Gasteiger partial charge in [-0.2, -0.15) is 0 Å². The summed E-state index contributed by atoms with van der Waals surface area (Å²) in [7, 11) is 0. The summed E-state index contributed by atoms with van der Waals surface area (Å²) in [6, 6.07) is 0. The predicted octanol–water partition coefficient (Wildman–Crippen LogP) is 4.63. The van der Waals surface area contributed by atoms with Crippen LogP contribution in [0.4, 0.5) is 0 Å². The highest BCUT2D eigenvalue weighted by Crippen LogP contribution is 2.69. The lowest BCUT2D eigenvalue weighted by Crippen LogP contribution is -2.62. The number of carbonyl (C=O) groups is 1. The first kappa shape index (κ1) is 21.4. The monoisotopic (exact) mass is 404 g/mol. The third kappa shape index (κ3) is 3.12. The summed E-state index contributed by atoms with van der Waals surface area (Å²) in [5.74, 6) is 1.51. The molecule has 4 saturated carbocycles. The molecule has 8 atom stereocenters. The van der Waals surface area contributed by atoms with Crippen molar-refractivity contribution in [3.63, 3.8) is 0 Å². The Hall–Kier alpha value is -0.870. The Morgan fingerprint density at radius 1 is 1.07 bits per heavy atom. The van der Waals surface area contributed by atoms with E-state index in [4.69, 9.17) is 4.74 Å². The van der Waals surface area contributed by atoms with Gasteiger partial charge in [-0.3, -0.25) is 0 Å². The summed E-state index contributed by atoms with van der Waals surface area (Å²) in [6.07, 6.45) is 11.1. The van der Waals surface area contributed by atoms with Gasteiger partial charge in [-0.15, -0.1) is 0 Å². The Morgan fingerprint density at radius 2 is 1.83 bits per heavy atom. The van der Waals surface area contributed by atoms with Crippen LogP contribution in [0.15, 0.2) is 11.6 Å². The van der Waals surface area contributed by atoms with Crippen LogP contribution in [0.2, 0.25) is 0 Å². The molecular formula is C25H40O4. The molecule has 0 bridgehead atoms. The van der Waals surface area contributed by atoms with Crippen molar-refractivity contribution in [1.29, 1.82) is 0 Å². The van der Waals surface area contributed by atoms with Crippen LogP contribution >= 0.6 is 0 Å². The van der Waals surface area contributed by atoms with Crippen molar-refractivity contribution in [1.82, 2.24) is 0 Å². The Morgan fingerprint density at radius 3 is 2.55 bits per heavy atom. The van der Waals surface area contributed by atoms with E-state index in [9.17, 15) is 15.0 Å². The Kier molecular flexibility index (Phi) is 5.43. The van der Waals surface area contributed by atoms with Gasteiger partial charge in [0.05, 0.1) is 18.3 Å². The topological polar surface area (TPSA) is 66.8 Å². The first-order chi connectivity index (χ1) is 13.7. The molecule has 0 aromatic rings. The normalized spacial score (nSPS) is 49.7. The zero-order chi connectivity index (χ0) is 21.0. The fraction of sp³-hybridized carbons (Fsp3) is 0.880. The number of hydrogen-bond donors (Lipinski definition) is 2. The number of carbonyl (C=O) groups excluding carboxylic acids is 1. The largest absolute Gasteiger partial charge is 0.463 e. The molecule has 0 aliphatic heterocycles. The van der Waals surface area contributed by atoms with Crippen LogP contribution in [-0.2, 0) is 9.53 Å². The zero-order valence-corrected chi connectivity index (χ0v) is 18.7. The number of aliphatic hydroxyl groups is 2. The van der Waals surface area contributed by atoms with Gasteiger partial charge in [-0.05, 0) is 101 Å². The van der Waals surface area contributed by atoms with Gasteiger partial charge in [0.15, 0.2) is 0 Å². The van der Waals surface area contributed by atoms with Crippen LogP contribution in [0.5, 0.6) is 0 Å². The molecule has 4 nitrogen and oxygen atoms in total. The van der Waals surface area contributed by atoms with Crippen LogP contribution in [0.3, 0.4) is 0 Å². The smallest absolute Gasteiger partial charge is 0.333 e. The van der Waals surface area contributed by atoms with Crippen molar-refractivity contribution in [2.45, 2.75) is 97.2 Å². The lowest BCUT2D eigenvalue weighted by Gasteiger charge is -2.63. The Balaban J connectivity index is 1.60. The van der Waals surface area contributed by atoms with E-state index in [1.165, 1.54) is 0 Å². The van der Waals surface area contributed by atoms with Crippen molar-refractivity contribution >= 4 is 5.97 Å². The standard InChI is InChI=1S/C25H40O4/c1-5-29-22(27)16(2)14-18-8-13-25(28)21-7-6-17-15-19(26)9-11-23(17,3)20(21)10-12-24(18,25)4/h14,17-21,26,28H,5-13,15H2,1-4H3/b16-14+/t17-,18-,19-,20+,21-,23+,24-,25+/m1/s1. The number of hydrogen-bond acceptors (Lipinski definition) is 4. The van der Waals surface area contributed by atoms with E-state index < -0.39 is 5.60 Å². The predicted molar refractivity (Wildman–Crippen MR) is 113 cm³/mol. The van der Waals surface area contributed by atoms with Gasteiger partial charge in [-0.1, -0.05) is 19.9 Å². The number of fused-ring (bicyclic) bond motifs is 5. The van der Waals surface area contributed by atoms with Gasteiger partial charge in [0.25, 0.3) is 0 Å². The van der Waals surface area contributed by atoms with Crippen LogP contribution in [-0.4, -0.2) is 34.5 Å². The molecule has 0 radical (unpaired) electrons. The number of rotatable bonds is 3. The summed E-state index contributed by atoms with van der Waals surface area (Å²) in [5, 5.41) is 22.4. The van der Waals surface area contributed by atoms with Crippen LogP contribution in [0, 0.1) is 34.5 Å². The molecule has 0 amide bonds. The van der Waals surface area contributed by atoms with E-state index in [1.807, 2.05) is 13.8 Å². The molecule has 29 heavy (non-hydrogen) atoms. The van der Waals surface area contributed by atoms with Gasteiger partial charge >= 0.3 is 5.97 Å². The third-order valence-electron chi connectivity index (χ3n) is 9.94. The van der Waals surface area contributed by atoms with E-state index >= 15 is 0 Å². The average Bonchev–Trinajstić information content (AvgIpc) is 2.94. The number of aliphatic hydroxyl groups excluding tert-OH is 1. The second-order valence-electron chi connectivity index (χ2n) is 11.0. The molecule has 4 aliphatic carbocycles. The summed E-state index contributed by atoms with van der Waals surface area (Å²) >= 11 is 0. The molecule has 4 heteroatoms. The quantitative estimate of drug-likeness (QED) is 0.532. The molecule has 2 N–H and O–H groups in total. The highest BCUT2D eigenvalue weighted by molar-refractivity contribution is 5.87. The van der Waals surface area contributed by atoms with Gasteiger partial charge in [0.2, 0.25) is 0 Å². The minimum absolute atomic E-state index is 0.131. The number of ether oxygens (including phenoxy) is 1. The molecule has 0 spiro atoms. The third-order valence-corrected chi connectivity index (χ3v) is 9.94. The molecule has 4 aliphatic rings. The molecule has 4 fully saturated rings. The van der Waals surface area contributed by atoms with Crippen molar-refractivity contribution < 1.29 is 19.7 Å². The summed E-state index contributed by atoms with van der Waals surface area (Å²) in [6.45, 7) is 8.81. The maximum Gasteiger partial charge on any atom is 0.333 e. The molecule has 164 valence electrons. The van der Waals surface area contributed by atoms with Crippen LogP contribution in [0.25, 0.3) is 0 Å². The molecule has 4 rings (SSSR count). The Labute approximate surface area is 176 Å². The van der Waals surface area contributed by atoms with E-state index in [0.717, 1.165) is 57.8 Å². The van der Waals surface area contributed by atoms with E-state index in [0.29, 0.717) is 29.9 Å². The van der Waals surface area contributed by atoms with Gasteiger partial charge in [-0.25, -0.2) is 4.79 Å². The summed E-state index contributed by atoms with van der Waals surface area (Å²) in [4.78, 5) is 12.2. The zero-order valence-electron chi connectivity index (χ0n) is 18.7. The molecular weight excluding hydrogens is 364 g/mol. The summed E-state index contributed by atoms with van der Waals surface area (Å²) < 4.78 is 5.18. The van der Waals surface area contributed by atoms with Gasteiger partial charge in [0, 0.05) is 11.0 Å². The fourth-order valence-electron chi connectivity index (χ4n) is 8.13. The minimum atomic E-state index is -0.643. The number of allylic oxidation sites excluding steroid dienone is 1. The highest BCUT2D eigenvalue weighted by atomic mass is 16.5. The highest BCUT2D eigenvalue weighted by Gasteiger charge is 2.66. The van der Waals surface area contributed by atoms with Crippen LogP contribution < -0.4 is 0 Å². The van der Waals surface area contributed by atoms with Crippen LogP contribution in [0.1, 0.15) is 85.5 Å². The SMILES string of the molecule is CCOC(=O)/C(C)=C/[C@H]1CC[C@]2(O)[C@@H]3CC[C@@H]4C[C@H](O)CC[C@]4(C)[C@H]3CC[C@]12C. The van der Waals surface area contributed by atoms with Crippen molar-refractivity contribution in [3.8, 4) is 0 Å². The maximum atomic E-state index is 12.2. The molecule has 0 aromatic carbocycles. The fourth-order valence-corrected chi connectivity index (χ4v) is 8.13. The maximum absolute atomic E-state index is 12.2. The second-order valence-corrected chi connectivity index (χ2v) is 11.0. The Bertz CT molecular complexity index is 686. The van der Waals surface area contributed by atoms with E-state index in [-0.39, 0.29) is 28.8 Å². The minimum Gasteiger partial charge on any atom is -0.463 e. The average molecular weight is 405 g/mol. The van der Waals surface area contributed by atoms with Crippen molar-refractivity contribution in [2.75, 3.05) is 6.61 Å². The van der Waals surface area contributed by atoms with E-state index in [1.54, 1.807) is 0 Å². The molecule has 0 aromatic heterocycles. The second kappa shape index (κ2) is 7.37. The lowest BCUT2D eigenvalue weighted by molar-refractivity contribution is -0.207. The van der Waals surface area contributed by atoms with Gasteiger partial charge in [0.1, 0.15) is 0 Å². The van der Waals surface area contributed by atoms with Crippen molar-refractivity contribution in [2.24, 2.45) is 34.5 Å². The van der Waals surface area contributed by atoms with Gasteiger partial charge < -0.3 is 14.9 Å². The first-order valence-electron chi connectivity index (χ1n) is 11.9. The van der Waals surface area contributed by atoms with Crippen molar-refractivity contribution in [3.05, 3.63) is 11.6 Å². The molecule has 0 unspecified atom stereocenters. The molecule has 0 heterocycles. The lowest BCUT2D eigenvalue weighted by atomic mass is 9.43. The van der Waals surface area contributed by atoms with E-state index in [2.05, 4.69) is 19.9 Å².